The number of aryl methyl sites for hydroxylation is 2. The van der Waals surface area contributed by atoms with Crippen molar-refractivity contribution in [2.45, 2.75) is 33.4 Å². The molecule has 2 N–H and O–H groups in total. The topological polar surface area (TPSA) is 53.9 Å². The van der Waals surface area contributed by atoms with Crippen LogP contribution >= 0.6 is 0 Å². The molecule has 1 atom stereocenters. The minimum Gasteiger partial charge on any atom is -0.367 e. The number of aromatic amines is 1. The fourth-order valence-corrected chi connectivity index (χ4v) is 1.95. The first-order chi connectivity index (χ1) is 7.68. The standard InChI is InChI=1S/C12H17N3O/c1-8(12-9(2)15-16-10(12)3)14-7-11-4-5-13-6-11/h4-6,8,13-14H,7H2,1-3H3. The molecule has 4 heteroatoms. The molecule has 0 aliphatic carbocycles. The van der Waals surface area contributed by atoms with E-state index in [2.05, 4.69) is 28.4 Å². The minimum atomic E-state index is 0.251. The van der Waals surface area contributed by atoms with Gasteiger partial charge in [-0.2, -0.15) is 0 Å². The highest BCUT2D eigenvalue weighted by Gasteiger charge is 2.15. The van der Waals surface area contributed by atoms with Crippen LogP contribution in [0.15, 0.2) is 23.0 Å². The van der Waals surface area contributed by atoms with E-state index in [1.54, 1.807) is 0 Å². The number of rotatable bonds is 4. The van der Waals surface area contributed by atoms with E-state index in [4.69, 9.17) is 4.52 Å². The Morgan fingerprint density at radius 2 is 2.31 bits per heavy atom. The Morgan fingerprint density at radius 1 is 1.50 bits per heavy atom. The van der Waals surface area contributed by atoms with Crippen molar-refractivity contribution >= 4 is 0 Å². The van der Waals surface area contributed by atoms with Gasteiger partial charge in [-0.3, -0.25) is 0 Å². The SMILES string of the molecule is Cc1noc(C)c1C(C)NCc1cc[nH]c1. The monoisotopic (exact) mass is 219 g/mol. The fourth-order valence-electron chi connectivity index (χ4n) is 1.95. The first-order valence-electron chi connectivity index (χ1n) is 5.46. The van der Waals surface area contributed by atoms with E-state index in [1.807, 2.05) is 26.2 Å². The van der Waals surface area contributed by atoms with Crippen molar-refractivity contribution in [3.05, 3.63) is 41.0 Å². The van der Waals surface area contributed by atoms with Crippen LogP contribution in [-0.4, -0.2) is 10.1 Å². The smallest absolute Gasteiger partial charge is 0.138 e. The Kier molecular flexibility index (Phi) is 3.10. The van der Waals surface area contributed by atoms with Gasteiger partial charge in [-0.1, -0.05) is 5.16 Å². The number of hydrogen-bond donors (Lipinski definition) is 2. The molecule has 4 nitrogen and oxygen atoms in total. The van der Waals surface area contributed by atoms with Crippen LogP contribution < -0.4 is 5.32 Å². The molecule has 0 aliphatic rings. The maximum absolute atomic E-state index is 5.16. The maximum Gasteiger partial charge on any atom is 0.138 e. The lowest BCUT2D eigenvalue weighted by atomic mass is 10.1. The van der Waals surface area contributed by atoms with Crippen LogP contribution in [0.2, 0.25) is 0 Å². The zero-order valence-electron chi connectivity index (χ0n) is 9.87. The molecule has 86 valence electrons. The third-order valence-corrected chi connectivity index (χ3v) is 2.80. The molecule has 0 bridgehead atoms. The normalized spacial score (nSPS) is 12.9. The largest absolute Gasteiger partial charge is 0.367 e. The molecular formula is C12H17N3O. The Balaban J connectivity index is 2.01. The van der Waals surface area contributed by atoms with Crippen molar-refractivity contribution in [1.82, 2.24) is 15.5 Å². The molecule has 0 spiro atoms. The Bertz CT molecular complexity index is 425. The molecule has 1 unspecified atom stereocenters. The summed E-state index contributed by atoms with van der Waals surface area (Å²) in [7, 11) is 0. The maximum atomic E-state index is 5.16. The van der Waals surface area contributed by atoms with Gasteiger partial charge in [-0.05, 0) is 32.4 Å². The molecule has 2 aromatic heterocycles. The molecule has 0 saturated heterocycles. The van der Waals surface area contributed by atoms with Crippen LogP contribution in [0.5, 0.6) is 0 Å². The van der Waals surface area contributed by atoms with E-state index in [1.165, 1.54) is 5.56 Å². The van der Waals surface area contributed by atoms with Gasteiger partial charge in [0.1, 0.15) is 5.76 Å². The first kappa shape index (κ1) is 11.0. The van der Waals surface area contributed by atoms with Crippen LogP contribution in [0.25, 0.3) is 0 Å². The van der Waals surface area contributed by atoms with Gasteiger partial charge in [-0.15, -0.1) is 0 Å². The zero-order chi connectivity index (χ0) is 11.5. The van der Waals surface area contributed by atoms with E-state index >= 15 is 0 Å². The highest BCUT2D eigenvalue weighted by molar-refractivity contribution is 5.24. The van der Waals surface area contributed by atoms with Crippen LogP contribution in [0.3, 0.4) is 0 Å². The van der Waals surface area contributed by atoms with Gasteiger partial charge in [0, 0.05) is 30.5 Å². The number of nitrogens with zero attached hydrogens (tertiary/aromatic N) is 1. The number of aromatic nitrogens is 2. The molecule has 0 radical (unpaired) electrons. The van der Waals surface area contributed by atoms with Crippen molar-refractivity contribution in [3.8, 4) is 0 Å². The second kappa shape index (κ2) is 4.53. The molecule has 2 aromatic rings. The molecule has 0 fully saturated rings. The van der Waals surface area contributed by atoms with Crippen LogP contribution in [0.4, 0.5) is 0 Å². The van der Waals surface area contributed by atoms with Gasteiger partial charge in [-0.25, -0.2) is 0 Å². The average molecular weight is 219 g/mol. The summed E-state index contributed by atoms with van der Waals surface area (Å²) < 4.78 is 5.16. The Labute approximate surface area is 95.0 Å². The Morgan fingerprint density at radius 3 is 2.88 bits per heavy atom. The van der Waals surface area contributed by atoms with Gasteiger partial charge in [0.25, 0.3) is 0 Å². The van der Waals surface area contributed by atoms with Crippen molar-refractivity contribution in [3.63, 3.8) is 0 Å². The number of hydrogen-bond acceptors (Lipinski definition) is 3. The third kappa shape index (κ3) is 2.17. The second-order valence-electron chi connectivity index (χ2n) is 4.06. The van der Waals surface area contributed by atoms with Crippen molar-refractivity contribution < 1.29 is 4.52 Å². The van der Waals surface area contributed by atoms with Gasteiger partial charge >= 0.3 is 0 Å². The molecular weight excluding hydrogens is 202 g/mol. The van der Waals surface area contributed by atoms with E-state index < -0.39 is 0 Å². The molecule has 2 heterocycles. The van der Waals surface area contributed by atoms with Crippen molar-refractivity contribution in [2.75, 3.05) is 0 Å². The van der Waals surface area contributed by atoms with E-state index in [9.17, 15) is 0 Å². The molecule has 16 heavy (non-hydrogen) atoms. The lowest BCUT2D eigenvalue weighted by Gasteiger charge is -2.12. The molecule has 0 aromatic carbocycles. The first-order valence-corrected chi connectivity index (χ1v) is 5.46. The summed E-state index contributed by atoms with van der Waals surface area (Å²) >= 11 is 0. The van der Waals surface area contributed by atoms with Crippen LogP contribution in [-0.2, 0) is 6.54 Å². The number of H-pyrrole nitrogens is 1. The van der Waals surface area contributed by atoms with Crippen molar-refractivity contribution in [1.29, 1.82) is 0 Å². The highest BCUT2D eigenvalue weighted by atomic mass is 16.5. The second-order valence-corrected chi connectivity index (χ2v) is 4.06. The quantitative estimate of drug-likeness (QED) is 0.830. The fraction of sp³-hybridized carbons (Fsp3) is 0.417. The molecule has 0 aliphatic heterocycles. The van der Waals surface area contributed by atoms with Gasteiger partial charge in [0.05, 0.1) is 5.69 Å². The Hall–Kier alpha value is -1.55. The predicted octanol–water partition coefficient (Wildman–Crippen LogP) is 2.47. The predicted molar refractivity (Wildman–Crippen MR) is 62.0 cm³/mol. The van der Waals surface area contributed by atoms with Gasteiger partial charge in [0.15, 0.2) is 0 Å². The average Bonchev–Trinajstić information content (AvgIpc) is 2.86. The van der Waals surface area contributed by atoms with Crippen LogP contribution in [0.1, 0.15) is 35.5 Å². The summed E-state index contributed by atoms with van der Waals surface area (Å²) in [4.78, 5) is 3.04. The molecule has 0 amide bonds. The van der Waals surface area contributed by atoms with E-state index in [-0.39, 0.29) is 6.04 Å². The van der Waals surface area contributed by atoms with Gasteiger partial charge in [0.2, 0.25) is 0 Å². The summed E-state index contributed by atoms with van der Waals surface area (Å²) in [6.07, 6.45) is 3.92. The summed E-state index contributed by atoms with van der Waals surface area (Å²) in [5, 5.41) is 7.41. The summed E-state index contributed by atoms with van der Waals surface area (Å²) in [6.45, 7) is 6.89. The lowest BCUT2D eigenvalue weighted by Crippen LogP contribution is -2.18. The lowest BCUT2D eigenvalue weighted by molar-refractivity contribution is 0.390. The summed E-state index contributed by atoms with van der Waals surface area (Å²) in [6, 6.07) is 2.31. The van der Waals surface area contributed by atoms with E-state index in [0.29, 0.717) is 0 Å². The van der Waals surface area contributed by atoms with Crippen LogP contribution in [0, 0.1) is 13.8 Å². The van der Waals surface area contributed by atoms with Gasteiger partial charge < -0.3 is 14.8 Å². The highest BCUT2D eigenvalue weighted by Crippen LogP contribution is 2.21. The third-order valence-electron chi connectivity index (χ3n) is 2.80. The minimum absolute atomic E-state index is 0.251. The molecule has 2 rings (SSSR count). The zero-order valence-corrected chi connectivity index (χ0v) is 9.87. The summed E-state index contributed by atoms with van der Waals surface area (Å²) in [5.74, 6) is 0.895. The van der Waals surface area contributed by atoms with Crippen molar-refractivity contribution in [2.24, 2.45) is 0 Å². The summed E-state index contributed by atoms with van der Waals surface area (Å²) in [5.41, 5.74) is 3.38. The number of nitrogens with one attached hydrogen (secondary N) is 2. The molecule has 0 saturated carbocycles. The van der Waals surface area contributed by atoms with E-state index in [0.717, 1.165) is 23.6 Å².